The standard InChI is InChI=1S/C14H19NO5S/c1-18-9-4-5-10(13(6-9)19-2)11-7-21(17)8-12(15-11)14(16)20-3/h4-6,11-12,15H,7-8H2,1-3H3. The molecule has 6 nitrogen and oxygen atoms in total. The highest BCUT2D eigenvalue weighted by atomic mass is 32.2. The molecule has 0 bridgehead atoms. The molecule has 21 heavy (non-hydrogen) atoms. The van der Waals surface area contributed by atoms with E-state index in [-0.39, 0.29) is 11.8 Å². The van der Waals surface area contributed by atoms with Gasteiger partial charge in [0.25, 0.3) is 0 Å². The lowest BCUT2D eigenvalue weighted by Crippen LogP contribution is -2.49. The van der Waals surface area contributed by atoms with E-state index in [9.17, 15) is 9.00 Å². The first-order valence-corrected chi connectivity index (χ1v) is 7.98. The van der Waals surface area contributed by atoms with E-state index in [2.05, 4.69) is 5.32 Å². The van der Waals surface area contributed by atoms with Gasteiger partial charge in [0.2, 0.25) is 0 Å². The summed E-state index contributed by atoms with van der Waals surface area (Å²) in [6, 6.07) is 4.63. The fraction of sp³-hybridized carbons (Fsp3) is 0.500. The van der Waals surface area contributed by atoms with Gasteiger partial charge in [-0.3, -0.25) is 14.3 Å². The van der Waals surface area contributed by atoms with E-state index in [0.717, 1.165) is 5.56 Å². The lowest BCUT2D eigenvalue weighted by molar-refractivity contribution is -0.142. The first-order chi connectivity index (χ1) is 10.1. The summed E-state index contributed by atoms with van der Waals surface area (Å²) in [7, 11) is 3.38. The van der Waals surface area contributed by atoms with Crippen molar-refractivity contribution in [3.8, 4) is 11.5 Å². The Morgan fingerprint density at radius 2 is 2.00 bits per heavy atom. The number of nitrogens with one attached hydrogen (secondary N) is 1. The smallest absolute Gasteiger partial charge is 0.323 e. The highest BCUT2D eigenvalue weighted by molar-refractivity contribution is 7.85. The van der Waals surface area contributed by atoms with Crippen LogP contribution in [0.4, 0.5) is 0 Å². The zero-order chi connectivity index (χ0) is 15.4. The number of hydrogen-bond donors (Lipinski definition) is 1. The number of rotatable bonds is 4. The van der Waals surface area contributed by atoms with Gasteiger partial charge in [0.15, 0.2) is 0 Å². The second-order valence-corrected chi connectivity index (χ2v) is 6.22. The third-order valence-electron chi connectivity index (χ3n) is 3.41. The lowest BCUT2D eigenvalue weighted by atomic mass is 10.1. The highest BCUT2D eigenvalue weighted by Gasteiger charge is 2.33. The van der Waals surface area contributed by atoms with Gasteiger partial charge in [-0.05, 0) is 6.07 Å². The molecular weight excluding hydrogens is 294 g/mol. The van der Waals surface area contributed by atoms with Crippen molar-refractivity contribution in [1.82, 2.24) is 5.32 Å². The van der Waals surface area contributed by atoms with Gasteiger partial charge in [-0.15, -0.1) is 0 Å². The van der Waals surface area contributed by atoms with E-state index in [1.165, 1.54) is 7.11 Å². The van der Waals surface area contributed by atoms with Gasteiger partial charge in [0.05, 0.1) is 21.3 Å². The van der Waals surface area contributed by atoms with E-state index >= 15 is 0 Å². The van der Waals surface area contributed by atoms with Crippen molar-refractivity contribution in [3.05, 3.63) is 23.8 Å². The van der Waals surface area contributed by atoms with Crippen LogP contribution in [-0.2, 0) is 20.3 Å². The van der Waals surface area contributed by atoms with Gasteiger partial charge < -0.3 is 14.2 Å². The largest absolute Gasteiger partial charge is 0.497 e. The maximum absolute atomic E-state index is 12.0. The van der Waals surface area contributed by atoms with Crippen LogP contribution in [0.1, 0.15) is 11.6 Å². The van der Waals surface area contributed by atoms with Crippen LogP contribution < -0.4 is 14.8 Å². The molecule has 0 radical (unpaired) electrons. The average molecular weight is 313 g/mol. The Labute approximate surface area is 126 Å². The fourth-order valence-electron chi connectivity index (χ4n) is 2.34. The zero-order valence-electron chi connectivity index (χ0n) is 12.3. The molecule has 3 atom stereocenters. The SMILES string of the molecule is COC(=O)C1CS(=O)CC(c2ccc(OC)cc2OC)N1. The van der Waals surface area contributed by atoms with Gasteiger partial charge >= 0.3 is 5.97 Å². The Morgan fingerprint density at radius 1 is 1.24 bits per heavy atom. The summed E-state index contributed by atoms with van der Waals surface area (Å²) in [5.74, 6) is 1.60. The van der Waals surface area contributed by atoms with Crippen molar-refractivity contribution in [2.24, 2.45) is 0 Å². The minimum absolute atomic E-state index is 0.232. The molecule has 1 N–H and O–H groups in total. The molecule has 1 aromatic rings. The van der Waals surface area contributed by atoms with Crippen LogP contribution in [0.3, 0.4) is 0 Å². The third kappa shape index (κ3) is 3.54. The molecule has 1 fully saturated rings. The molecule has 7 heteroatoms. The highest BCUT2D eigenvalue weighted by Crippen LogP contribution is 2.31. The van der Waals surface area contributed by atoms with Gasteiger partial charge in [0, 0.05) is 40.0 Å². The summed E-state index contributed by atoms with van der Waals surface area (Å²) in [4.78, 5) is 11.7. The molecule has 3 unspecified atom stereocenters. The van der Waals surface area contributed by atoms with Crippen molar-refractivity contribution in [2.75, 3.05) is 32.8 Å². The fourth-order valence-corrected chi connectivity index (χ4v) is 3.73. The maximum atomic E-state index is 12.0. The molecule has 0 amide bonds. The van der Waals surface area contributed by atoms with Crippen LogP contribution in [0.25, 0.3) is 0 Å². The summed E-state index contributed by atoms with van der Waals surface area (Å²) >= 11 is 0. The Bertz CT molecular complexity index is 548. The first kappa shape index (κ1) is 15.8. The molecular formula is C14H19NO5S. The lowest BCUT2D eigenvalue weighted by Gasteiger charge is -2.30. The van der Waals surface area contributed by atoms with Crippen LogP contribution >= 0.6 is 0 Å². The van der Waals surface area contributed by atoms with Crippen LogP contribution in [0.5, 0.6) is 11.5 Å². The minimum Gasteiger partial charge on any atom is -0.497 e. The van der Waals surface area contributed by atoms with Crippen LogP contribution in [0, 0.1) is 0 Å². The molecule has 1 saturated heterocycles. The van der Waals surface area contributed by atoms with Crippen molar-refractivity contribution in [1.29, 1.82) is 0 Å². The second-order valence-electron chi connectivity index (χ2n) is 4.68. The summed E-state index contributed by atoms with van der Waals surface area (Å²) in [5, 5.41) is 3.17. The number of carbonyl (C=O) groups excluding carboxylic acids is 1. The summed E-state index contributed by atoms with van der Waals surface area (Å²) in [6.07, 6.45) is 0. The Kier molecular flexibility index (Phi) is 5.19. The molecule has 116 valence electrons. The molecule has 1 heterocycles. The van der Waals surface area contributed by atoms with E-state index < -0.39 is 22.8 Å². The normalized spacial score (nSPS) is 25.2. The number of carbonyl (C=O) groups is 1. The van der Waals surface area contributed by atoms with Crippen molar-refractivity contribution in [2.45, 2.75) is 12.1 Å². The second kappa shape index (κ2) is 6.91. The maximum Gasteiger partial charge on any atom is 0.323 e. The first-order valence-electron chi connectivity index (χ1n) is 6.49. The van der Waals surface area contributed by atoms with Crippen molar-refractivity contribution in [3.63, 3.8) is 0 Å². The molecule has 0 saturated carbocycles. The predicted molar refractivity (Wildman–Crippen MR) is 79.1 cm³/mol. The van der Waals surface area contributed by atoms with Gasteiger partial charge in [-0.25, -0.2) is 0 Å². The molecule has 2 rings (SSSR count). The predicted octanol–water partition coefficient (Wildman–Crippen LogP) is 0.638. The molecule has 0 aromatic heterocycles. The summed E-state index contributed by atoms with van der Waals surface area (Å²) in [6.45, 7) is 0. The molecule has 0 aliphatic carbocycles. The third-order valence-corrected chi connectivity index (χ3v) is 4.82. The van der Waals surface area contributed by atoms with Crippen molar-refractivity contribution < 1.29 is 23.2 Å². The molecule has 1 aliphatic rings. The molecule has 0 spiro atoms. The van der Waals surface area contributed by atoms with Crippen LogP contribution in [0.2, 0.25) is 0 Å². The Balaban J connectivity index is 2.27. The number of esters is 1. The quantitative estimate of drug-likeness (QED) is 0.822. The number of hydrogen-bond acceptors (Lipinski definition) is 6. The van der Waals surface area contributed by atoms with Crippen LogP contribution in [0.15, 0.2) is 18.2 Å². The monoisotopic (exact) mass is 313 g/mol. The van der Waals surface area contributed by atoms with Crippen LogP contribution in [-0.4, -0.2) is 49.1 Å². The van der Waals surface area contributed by atoms with E-state index in [1.807, 2.05) is 12.1 Å². The summed E-state index contributed by atoms with van der Waals surface area (Å²) in [5.41, 5.74) is 0.847. The Hall–Kier alpha value is -1.60. The number of benzene rings is 1. The topological polar surface area (TPSA) is 73.9 Å². The van der Waals surface area contributed by atoms with E-state index in [1.54, 1.807) is 20.3 Å². The van der Waals surface area contributed by atoms with E-state index in [0.29, 0.717) is 17.3 Å². The zero-order valence-corrected chi connectivity index (χ0v) is 13.1. The number of methoxy groups -OCH3 is 3. The number of ether oxygens (including phenoxy) is 3. The Morgan fingerprint density at radius 3 is 2.62 bits per heavy atom. The molecule has 1 aliphatic heterocycles. The average Bonchev–Trinajstić information content (AvgIpc) is 2.52. The van der Waals surface area contributed by atoms with E-state index in [4.69, 9.17) is 14.2 Å². The minimum atomic E-state index is -1.09. The van der Waals surface area contributed by atoms with Gasteiger partial charge in [0.1, 0.15) is 17.5 Å². The van der Waals surface area contributed by atoms with Gasteiger partial charge in [-0.2, -0.15) is 0 Å². The van der Waals surface area contributed by atoms with Crippen molar-refractivity contribution >= 4 is 16.8 Å². The van der Waals surface area contributed by atoms with Gasteiger partial charge in [-0.1, -0.05) is 6.07 Å². The summed E-state index contributed by atoms with van der Waals surface area (Å²) < 4.78 is 27.3. The molecule has 1 aromatic carbocycles.